The van der Waals surface area contributed by atoms with Crippen molar-refractivity contribution in [3.63, 3.8) is 0 Å². The molecule has 1 unspecified atom stereocenters. The predicted octanol–water partition coefficient (Wildman–Crippen LogP) is 1.20. The van der Waals surface area contributed by atoms with E-state index in [9.17, 15) is 4.79 Å². The first-order chi connectivity index (χ1) is 5.99. The van der Waals surface area contributed by atoms with Crippen LogP contribution in [0, 0.1) is 0 Å². The standard InChI is InChI=1S/C9H17ClN2O/c1-5-12(4)9(13)8(3)11-6-7(2)10/h8,11H,2,5-6H2,1,3-4H3. The summed E-state index contributed by atoms with van der Waals surface area (Å²) in [6, 6.07) is -0.208. The van der Waals surface area contributed by atoms with Crippen molar-refractivity contribution < 1.29 is 4.79 Å². The van der Waals surface area contributed by atoms with Gasteiger partial charge in [0.1, 0.15) is 0 Å². The molecule has 0 heterocycles. The normalized spacial score (nSPS) is 12.3. The van der Waals surface area contributed by atoms with Gasteiger partial charge in [0.2, 0.25) is 5.91 Å². The Labute approximate surface area is 84.7 Å². The monoisotopic (exact) mass is 204 g/mol. The highest BCUT2D eigenvalue weighted by atomic mass is 35.5. The molecule has 0 rings (SSSR count). The molecule has 0 aromatic rings. The van der Waals surface area contributed by atoms with Gasteiger partial charge in [0.15, 0.2) is 0 Å². The highest BCUT2D eigenvalue weighted by Crippen LogP contribution is 1.96. The van der Waals surface area contributed by atoms with Crippen molar-refractivity contribution >= 4 is 17.5 Å². The van der Waals surface area contributed by atoms with Gasteiger partial charge in [0.05, 0.1) is 6.04 Å². The van der Waals surface area contributed by atoms with E-state index in [-0.39, 0.29) is 11.9 Å². The Morgan fingerprint density at radius 2 is 2.23 bits per heavy atom. The van der Waals surface area contributed by atoms with E-state index in [1.807, 2.05) is 13.8 Å². The van der Waals surface area contributed by atoms with Crippen molar-refractivity contribution in [2.75, 3.05) is 20.1 Å². The Hall–Kier alpha value is -0.540. The molecule has 0 aliphatic carbocycles. The van der Waals surface area contributed by atoms with E-state index in [1.165, 1.54) is 0 Å². The summed E-state index contributed by atoms with van der Waals surface area (Å²) in [5, 5.41) is 3.49. The largest absolute Gasteiger partial charge is 0.345 e. The van der Waals surface area contributed by atoms with Gasteiger partial charge in [-0.3, -0.25) is 4.79 Å². The Kier molecular flexibility index (Phi) is 5.75. The second-order valence-corrected chi connectivity index (χ2v) is 3.51. The summed E-state index contributed by atoms with van der Waals surface area (Å²) in [4.78, 5) is 13.1. The highest BCUT2D eigenvalue weighted by Gasteiger charge is 2.14. The van der Waals surface area contributed by atoms with E-state index in [4.69, 9.17) is 11.6 Å². The minimum Gasteiger partial charge on any atom is -0.345 e. The number of carbonyl (C=O) groups excluding carboxylic acids is 1. The molecule has 0 aliphatic rings. The Balaban J connectivity index is 3.89. The molecule has 1 atom stereocenters. The lowest BCUT2D eigenvalue weighted by Crippen LogP contribution is -2.43. The van der Waals surface area contributed by atoms with Crippen molar-refractivity contribution in [3.05, 3.63) is 11.6 Å². The number of likely N-dealkylation sites (N-methyl/N-ethyl adjacent to an activating group) is 1. The first kappa shape index (κ1) is 12.5. The van der Waals surface area contributed by atoms with Gasteiger partial charge in [-0.25, -0.2) is 0 Å². The van der Waals surface area contributed by atoms with Crippen LogP contribution in [0.2, 0.25) is 0 Å². The molecule has 0 bridgehead atoms. The lowest BCUT2D eigenvalue weighted by Gasteiger charge is -2.20. The molecule has 0 fully saturated rings. The molecular weight excluding hydrogens is 188 g/mol. The van der Waals surface area contributed by atoms with Gasteiger partial charge in [0, 0.05) is 25.2 Å². The number of carbonyl (C=O) groups is 1. The maximum atomic E-state index is 11.5. The molecule has 0 aliphatic heterocycles. The van der Waals surface area contributed by atoms with Gasteiger partial charge < -0.3 is 10.2 Å². The molecular formula is C9H17ClN2O. The average molecular weight is 205 g/mol. The van der Waals surface area contributed by atoms with E-state index in [0.29, 0.717) is 18.1 Å². The summed E-state index contributed by atoms with van der Waals surface area (Å²) in [7, 11) is 1.77. The number of nitrogens with one attached hydrogen (secondary N) is 1. The summed E-state index contributed by atoms with van der Waals surface area (Å²) in [5.74, 6) is 0.0698. The number of amides is 1. The molecule has 0 radical (unpaired) electrons. The fourth-order valence-electron chi connectivity index (χ4n) is 0.838. The zero-order chi connectivity index (χ0) is 10.4. The van der Waals surface area contributed by atoms with Gasteiger partial charge in [0.25, 0.3) is 0 Å². The van der Waals surface area contributed by atoms with Crippen molar-refractivity contribution in [2.45, 2.75) is 19.9 Å². The molecule has 1 N–H and O–H groups in total. The fraction of sp³-hybridized carbons (Fsp3) is 0.667. The first-order valence-electron chi connectivity index (χ1n) is 4.30. The Morgan fingerprint density at radius 1 is 1.69 bits per heavy atom. The van der Waals surface area contributed by atoms with E-state index in [2.05, 4.69) is 11.9 Å². The molecule has 0 saturated carbocycles. The van der Waals surface area contributed by atoms with Gasteiger partial charge in [-0.15, -0.1) is 0 Å². The summed E-state index contributed by atoms with van der Waals surface area (Å²) >= 11 is 5.56. The molecule has 76 valence electrons. The maximum Gasteiger partial charge on any atom is 0.239 e. The summed E-state index contributed by atoms with van der Waals surface area (Å²) in [6.07, 6.45) is 0. The predicted molar refractivity (Wildman–Crippen MR) is 55.8 cm³/mol. The smallest absolute Gasteiger partial charge is 0.239 e. The lowest BCUT2D eigenvalue weighted by molar-refractivity contribution is -0.131. The van der Waals surface area contributed by atoms with Crippen LogP contribution in [-0.4, -0.2) is 37.0 Å². The van der Waals surface area contributed by atoms with Crippen LogP contribution >= 0.6 is 11.6 Å². The van der Waals surface area contributed by atoms with Crippen molar-refractivity contribution in [1.29, 1.82) is 0 Å². The number of hydrogen-bond donors (Lipinski definition) is 1. The third kappa shape index (κ3) is 4.90. The van der Waals surface area contributed by atoms with Crippen LogP contribution in [0.15, 0.2) is 11.6 Å². The fourth-order valence-corrected chi connectivity index (χ4v) is 0.915. The summed E-state index contributed by atoms with van der Waals surface area (Å²) in [5.41, 5.74) is 0. The molecule has 0 saturated heterocycles. The number of halogens is 1. The van der Waals surface area contributed by atoms with Gasteiger partial charge in [-0.1, -0.05) is 18.2 Å². The van der Waals surface area contributed by atoms with Crippen LogP contribution in [0.5, 0.6) is 0 Å². The highest BCUT2D eigenvalue weighted by molar-refractivity contribution is 6.29. The minimum absolute atomic E-state index is 0.0698. The second kappa shape index (κ2) is 6.00. The average Bonchev–Trinajstić information content (AvgIpc) is 2.11. The van der Waals surface area contributed by atoms with E-state index >= 15 is 0 Å². The first-order valence-corrected chi connectivity index (χ1v) is 4.68. The van der Waals surface area contributed by atoms with Crippen molar-refractivity contribution in [3.8, 4) is 0 Å². The molecule has 3 nitrogen and oxygen atoms in total. The van der Waals surface area contributed by atoms with Gasteiger partial charge in [-0.05, 0) is 13.8 Å². The van der Waals surface area contributed by atoms with Crippen LogP contribution in [0.25, 0.3) is 0 Å². The zero-order valence-corrected chi connectivity index (χ0v) is 9.19. The molecule has 0 spiro atoms. The number of nitrogens with zero attached hydrogens (tertiary/aromatic N) is 1. The molecule has 1 amide bonds. The van der Waals surface area contributed by atoms with Gasteiger partial charge in [-0.2, -0.15) is 0 Å². The van der Waals surface area contributed by atoms with Crippen molar-refractivity contribution in [2.24, 2.45) is 0 Å². The zero-order valence-electron chi connectivity index (χ0n) is 8.43. The summed E-state index contributed by atoms with van der Waals surface area (Å²) < 4.78 is 0. The second-order valence-electron chi connectivity index (χ2n) is 2.97. The Bertz CT molecular complexity index is 194. The van der Waals surface area contributed by atoms with E-state index in [0.717, 1.165) is 0 Å². The lowest BCUT2D eigenvalue weighted by atomic mass is 10.3. The molecule has 0 aromatic heterocycles. The molecule has 4 heteroatoms. The number of hydrogen-bond acceptors (Lipinski definition) is 2. The van der Waals surface area contributed by atoms with Crippen LogP contribution in [0.1, 0.15) is 13.8 Å². The quantitative estimate of drug-likeness (QED) is 0.730. The van der Waals surface area contributed by atoms with Crippen LogP contribution in [0.3, 0.4) is 0 Å². The third-order valence-corrected chi connectivity index (χ3v) is 1.95. The topological polar surface area (TPSA) is 32.3 Å². The molecule has 13 heavy (non-hydrogen) atoms. The third-order valence-electron chi connectivity index (χ3n) is 1.82. The van der Waals surface area contributed by atoms with Crippen LogP contribution < -0.4 is 5.32 Å². The maximum absolute atomic E-state index is 11.5. The van der Waals surface area contributed by atoms with Crippen LogP contribution in [0.4, 0.5) is 0 Å². The van der Waals surface area contributed by atoms with Gasteiger partial charge >= 0.3 is 0 Å². The minimum atomic E-state index is -0.208. The Morgan fingerprint density at radius 3 is 2.62 bits per heavy atom. The van der Waals surface area contributed by atoms with Crippen molar-refractivity contribution in [1.82, 2.24) is 10.2 Å². The van der Waals surface area contributed by atoms with E-state index < -0.39 is 0 Å². The van der Waals surface area contributed by atoms with E-state index in [1.54, 1.807) is 11.9 Å². The summed E-state index contributed by atoms with van der Waals surface area (Å²) in [6.45, 7) is 8.46. The molecule has 0 aromatic carbocycles. The van der Waals surface area contributed by atoms with Crippen LogP contribution in [-0.2, 0) is 4.79 Å². The SMILES string of the molecule is C=C(Cl)CNC(C)C(=O)N(C)CC. The number of rotatable bonds is 5.